The number of carbonyl (C=O) groups is 4. The number of hydrogen-bond donors (Lipinski definition) is 2. The third kappa shape index (κ3) is 11.4. The fraction of sp³-hybridized carbons (Fsp3) is 0.714. The predicted octanol–water partition coefficient (Wildman–Crippen LogP) is 2.12. The number of rotatable bonds is 21. The number of aldehydes is 1. The molecular formula is C42H64N8O8. The molecule has 3 amide bonds. The van der Waals surface area contributed by atoms with Gasteiger partial charge >= 0.3 is 6.09 Å². The van der Waals surface area contributed by atoms with Gasteiger partial charge in [-0.15, -0.1) is 5.10 Å². The predicted molar refractivity (Wildman–Crippen MR) is 215 cm³/mol. The van der Waals surface area contributed by atoms with Crippen LogP contribution in [-0.4, -0.2) is 165 Å². The Hall–Kier alpha value is -3.96. The first-order valence-electron chi connectivity index (χ1n) is 21.4. The summed E-state index contributed by atoms with van der Waals surface area (Å²) in [6, 6.07) is 7.34. The van der Waals surface area contributed by atoms with E-state index in [4.69, 9.17) is 18.9 Å². The Morgan fingerprint density at radius 2 is 1.67 bits per heavy atom. The molecule has 1 aromatic carbocycles. The van der Waals surface area contributed by atoms with Crippen molar-refractivity contribution in [1.29, 1.82) is 0 Å². The van der Waals surface area contributed by atoms with E-state index in [1.807, 2.05) is 30.8 Å². The second-order valence-corrected chi connectivity index (χ2v) is 16.0. The number of ether oxygens (including phenoxy) is 4. The highest BCUT2D eigenvalue weighted by molar-refractivity contribution is 5.99. The summed E-state index contributed by atoms with van der Waals surface area (Å²) in [5.41, 5.74) is 2.55. The van der Waals surface area contributed by atoms with Crippen LogP contribution in [0.4, 0.5) is 4.79 Å². The van der Waals surface area contributed by atoms with Crippen molar-refractivity contribution in [2.75, 3.05) is 106 Å². The summed E-state index contributed by atoms with van der Waals surface area (Å²) in [6.07, 6.45) is 5.41. The molecule has 2 N–H and O–H groups in total. The van der Waals surface area contributed by atoms with E-state index in [1.165, 1.54) is 5.69 Å². The minimum Gasteiger partial charge on any atom is -0.449 e. The number of unbranched alkanes of at least 4 members (excludes halogenated alkanes) is 1. The van der Waals surface area contributed by atoms with Gasteiger partial charge in [-0.25, -0.2) is 9.48 Å². The molecule has 3 atom stereocenters. The lowest BCUT2D eigenvalue weighted by Crippen LogP contribution is -2.65. The van der Waals surface area contributed by atoms with Gasteiger partial charge in [0.05, 0.1) is 64.2 Å². The molecule has 16 heteroatoms. The van der Waals surface area contributed by atoms with Crippen molar-refractivity contribution in [2.45, 2.75) is 70.4 Å². The number of piperidine rings is 1. The molecule has 3 unspecified atom stereocenters. The smallest absolute Gasteiger partial charge is 0.409 e. The van der Waals surface area contributed by atoms with Crippen LogP contribution in [0.15, 0.2) is 24.3 Å². The van der Waals surface area contributed by atoms with Crippen LogP contribution in [0.2, 0.25) is 0 Å². The summed E-state index contributed by atoms with van der Waals surface area (Å²) in [6.45, 7) is 10.9. The first-order chi connectivity index (χ1) is 28.3. The fourth-order valence-corrected chi connectivity index (χ4v) is 8.85. The molecule has 320 valence electrons. The van der Waals surface area contributed by atoms with Crippen LogP contribution in [0.3, 0.4) is 0 Å². The zero-order chi connectivity index (χ0) is 40.7. The summed E-state index contributed by atoms with van der Waals surface area (Å²) in [7, 11) is 1.90. The molecule has 6 rings (SSSR count). The summed E-state index contributed by atoms with van der Waals surface area (Å²) >= 11 is 0. The number of carbonyl (C=O) groups excluding carboxylic acids is 4. The number of hydrogen-bond acceptors (Lipinski definition) is 12. The highest BCUT2D eigenvalue weighted by atomic mass is 16.6. The molecule has 3 fully saturated rings. The number of benzene rings is 1. The van der Waals surface area contributed by atoms with Crippen LogP contribution in [-0.2, 0) is 47.9 Å². The van der Waals surface area contributed by atoms with Crippen LogP contribution < -0.4 is 10.6 Å². The van der Waals surface area contributed by atoms with E-state index >= 15 is 0 Å². The quantitative estimate of drug-likeness (QED) is 0.140. The zero-order valence-electron chi connectivity index (χ0n) is 34.5. The van der Waals surface area contributed by atoms with E-state index < -0.39 is 5.54 Å². The summed E-state index contributed by atoms with van der Waals surface area (Å²) in [5, 5.41) is 15.1. The number of aryl methyl sites for hydroxylation is 2. The maximum absolute atomic E-state index is 14.4. The van der Waals surface area contributed by atoms with Gasteiger partial charge in [0.2, 0.25) is 5.91 Å². The van der Waals surface area contributed by atoms with Gasteiger partial charge in [0.25, 0.3) is 5.91 Å². The Labute approximate surface area is 342 Å². The highest BCUT2D eigenvalue weighted by Gasteiger charge is 2.52. The summed E-state index contributed by atoms with van der Waals surface area (Å²) in [4.78, 5) is 59.1. The Balaban J connectivity index is 1.02. The molecule has 2 aliphatic carbocycles. The summed E-state index contributed by atoms with van der Waals surface area (Å²) < 4.78 is 24.7. The lowest BCUT2D eigenvalue weighted by molar-refractivity contribution is -0.135. The van der Waals surface area contributed by atoms with Crippen molar-refractivity contribution in [3.8, 4) is 0 Å². The molecule has 0 spiro atoms. The number of aromatic nitrogens is 3. The molecule has 4 aliphatic rings. The van der Waals surface area contributed by atoms with Crippen LogP contribution in [0.5, 0.6) is 0 Å². The van der Waals surface area contributed by atoms with Crippen LogP contribution >= 0.6 is 0 Å². The second kappa shape index (κ2) is 21.9. The van der Waals surface area contributed by atoms with Crippen molar-refractivity contribution in [3.63, 3.8) is 0 Å². The average molecular weight is 809 g/mol. The average Bonchev–Trinajstić information content (AvgIpc) is 3.75. The Morgan fingerprint density at radius 3 is 2.40 bits per heavy atom. The van der Waals surface area contributed by atoms with Crippen molar-refractivity contribution in [1.82, 2.24) is 40.3 Å². The molecule has 1 saturated carbocycles. The first-order valence-corrected chi connectivity index (χ1v) is 21.4. The third-order valence-electron chi connectivity index (χ3n) is 12.4. The lowest BCUT2D eigenvalue weighted by atomic mass is 9.83. The maximum atomic E-state index is 14.4. The summed E-state index contributed by atoms with van der Waals surface area (Å²) in [5.74, 6) is 0.791. The molecule has 3 heterocycles. The van der Waals surface area contributed by atoms with Gasteiger partial charge in [-0.1, -0.05) is 22.9 Å². The standard InChI is InChI=1S/C42H64N8O8/c1-32-5-7-33(8-6-32)39(52)49(17-3-4-24-51)42(40(53)44-15-20-47-21-26-56-27-22-47)13-18-48(19-14-42)41(54)58-31-36-34-9-11-37-38(12-10-35(34)36)50(46-45-37)23-28-57-30-29-55-25-16-43-2/h5-8,24,34-36,43H,3-4,9-23,25-31H2,1-2H3,(H,44,53). The van der Waals surface area contributed by atoms with Crippen LogP contribution in [0, 0.1) is 24.7 Å². The molecule has 58 heavy (non-hydrogen) atoms. The number of nitrogens with zero attached hydrogens (tertiary/aromatic N) is 6. The van der Waals surface area contributed by atoms with Gasteiger partial charge in [-0.3, -0.25) is 14.5 Å². The van der Waals surface area contributed by atoms with E-state index in [2.05, 4.69) is 25.8 Å². The van der Waals surface area contributed by atoms with Crippen molar-refractivity contribution >= 4 is 24.2 Å². The molecule has 1 aromatic heterocycles. The SMILES string of the molecule is CNCCOCCOCCn1nnc2c1CCC1C(CC2)C1COC(=O)N1CCC(C(=O)NCCN2CCOCC2)(N(CCCC=O)C(=O)c2ccc(C)cc2)CC1. The topological polar surface area (TPSA) is 170 Å². The van der Waals surface area contributed by atoms with Gasteiger partial charge < -0.3 is 44.2 Å². The number of amides is 3. The molecule has 2 aromatic rings. The van der Waals surface area contributed by atoms with Crippen molar-refractivity contribution in [2.24, 2.45) is 17.8 Å². The second-order valence-electron chi connectivity index (χ2n) is 16.0. The maximum Gasteiger partial charge on any atom is 0.409 e. The molecule has 0 radical (unpaired) electrons. The Morgan fingerprint density at radius 1 is 0.948 bits per heavy atom. The third-order valence-corrected chi connectivity index (χ3v) is 12.4. The number of morpholine rings is 1. The van der Waals surface area contributed by atoms with Crippen LogP contribution in [0.1, 0.15) is 65.8 Å². The molecule has 0 bridgehead atoms. The number of fused-ring (bicyclic) bond motifs is 2. The largest absolute Gasteiger partial charge is 0.449 e. The van der Waals surface area contributed by atoms with Crippen molar-refractivity contribution in [3.05, 3.63) is 46.8 Å². The monoisotopic (exact) mass is 808 g/mol. The first kappa shape index (κ1) is 43.6. The molecule has 2 aliphatic heterocycles. The van der Waals surface area contributed by atoms with Gasteiger partial charge in [0, 0.05) is 64.3 Å². The fourth-order valence-electron chi connectivity index (χ4n) is 8.85. The Bertz CT molecular complexity index is 1630. The van der Waals surface area contributed by atoms with E-state index in [0.29, 0.717) is 95.6 Å². The minimum atomic E-state index is -1.19. The lowest BCUT2D eigenvalue weighted by Gasteiger charge is -2.47. The number of likely N-dealkylation sites (tertiary alicyclic amines) is 1. The molecular weight excluding hydrogens is 745 g/mol. The zero-order valence-corrected chi connectivity index (χ0v) is 34.5. The van der Waals surface area contributed by atoms with Gasteiger partial charge in [0.15, 0.2) is 0 Å². The van der Waals surface area contributed by atoms with Crippen LogP contribution in [0.25, 0.3) is 0 Å². The normalized spacial score (nSPS) is 21.6. The highest BCUT2D eigenvalue weighted by Crippen LogP contribution is 2.53. The minimum absolute atomic E-state index is 0.231. The van der Waals surface area contributed by atoms with Crippen molar-refractivity contribution < 1.29 is 38.1 Å². The van der Waals surface area contributed by atoms with Gasteiger partial charge in [-0.05, 0) is 88.8 Å². The molecule has 16 nitrogen and oxygen atoms in total. The van der Waals surface area contributed by atoms with E-state index in [-0.39, 0.29) is 56.8 Å². The van der Waals surface area contributed by atoms with E-state index in [0.717, 1.165) is 62.9 Å². The van der Waals surface area contributed by atoms with Gasteiger partial charge in [-0.2, -0.15) is 0 Å². The molecule has 2 saturated heterocycles. The number of nitrogens with one attached hydrogen (secondary N) is 2. The van der Waals surface area contributed by atoms with Gasteiger partial charge in [0.1, 0.15) is 11.8 Å². The van der Waals surface area contributed by atoms with E-state index in [1.54, 1.807) is 21.9 Å². The van der Waals surface area contributed by atoms with E-state index in [9.17, 15) is 19.2 Å². The Kier molecular flexibility index (Phi) is 16.4. The number of likely N-dealkylation sites (N-methyl/N-ethyl adjacent to an activating group) is 1.